The predicted molar refractivity (Wildman–Crippen MR) is 111 cm³/mol. The van der Waals surface area contributed by atoms with Gasteiger partial charge in [0.15, 0.2) is 5.96 Å². The van der Waals surface area contributed by atoms with Crippen molar-refractivity contribution in [2.24, 2.45) is 10.7 Å². The second kappa shape index (κ2) is 10.5. The Morgan fingerprint density at radius 2 is 1.89 bits per heavy atom. The molecule has 3 N–H and O–H groups in total. The molecule has 150 valence electrons. The molecule has 0 radical (unpaired) electrons. The van der Waals surface area contributed by atoms with Crippen LogP contribution in [0.1, 0.15) is 5.56 Å². The van der Waals surface area contributed by atoms with Crippen molar-refractivity contribution in [1.82, 2.24) is 4.90 Å². The van der Waals surface area contributed by atoms with Crippen LogP contribution in [0.15, 0.2) is 53.5 Å². The van der Waals surface area contributed by atoms with Crippen molar-refractivity contribution in [2.75, 3.05) is 51.9 Å². The Kier molecular flexibility index (Phi) is 7.52. The topological polar surface area (TPSA) is 81.3 Å². The number of nitrogens with two attached hydrogens (primary N) is 1. The van der Waals surface area contributed by atoms with Crippen LogP contribution in [0.25, 0.3) is 0 Å². The highest BCUT2D eigenvalue weighted by molar-refractivity contribution is 5.92. The molecular formula is C21H28N4O3. The molecule has 0 atom stereocenters. The first-order valence-corrected chi connectivity index (χ1v) is 9.46. The summed E-state index contributed by atoms with van der Waals surface area (Å²) in [4.78, 5) is 6.78. The standard InChI is InChI=1S/C21H28N4O3/c1-26-19-8-6-18(7-9-19)24-21(22)23-16-17-4-2-3-5-20(17)28-15-12-25-10-13-27-14-11-25/h2-9H,10-16H2,1H3,(H3,22,23,24). The van der Waals surface area contributed by atoms with E-state index in [4.69, 9.17) is 19.9 Å². The van der Waals surface area contributed by atoms with Crippen molar-refractivity contribution in [2.45, 2.75) is 6.54 Å². The van der Waals surface area contributed by atoms with E-state index >= 15 is 0 Å². The number of para-hydroxylation sites is 1. The first-order valence-electron chi connectivity index (χ1n) is 9.46. The molecule has 7 nitrogen and oxygen atoms in total. The summed E-state index contributed by atoms with van der Waals surface area (Å²) in [5, 5.41) is 3.08. The third-order valence-electron chi connectivity index (χ3n) is 4.52. The van der Waals surface area contributed by atoms with Gasteiger partial charge in [-0.1, -0.05) is 18.2 Å². The number of benzene rings is 2. The number of nitrogens with one attached hydrogen (secondary N) is 1. The first-order chi connectivity index (χ1) is 13.7. The molecular weight excluding hydrogens is 356 g/mol. The lowest BCUT2D eigenvalue weighted by molar-refractivity contribution is 0.0322. The van der Waals surface area contributed by atoms with Gasteiger partial charge in [0.1, 0.15) is 18.1 Å². The van der Waals surface area contributed by atoms with Crippen LogP contribution in [0, 0.1) is 0 Å². The van der Waals surface area contributed by atoms with E-state index in [1.807, 2.05) is 48.5 Å². The fourth-order valence-corrected chi connectivity index (χ4v) is 2.92. The monoisotopic (exact) mass is 384 g/mol. The van der Waals surface area contributed by atoms with Gasteiger partial charge < -0.3 is 25.3 Å². The molecule has 3 rings (SSSR count). The molecule has 28 heavy (non-hydrogen) atoms. The Bertz CT molecular complexity index is 759. The Morgan fingerprint density at radius 1 is 1.14 bits per heavy atom. The van der Waals surface area contributed by atoms with Crippen molar-refractivity contribution in [3.63, 3.8) is 0 Å². The molecule has 1 heterocycles. The van der Waals surface area contributed by atoms with Crippen LogP contribution in [0.4, 0.5) is 5.69 Å². The summed E-state index contributed by atoms with van der Waals surface area (Å²) >= 11 is 0. The fourth-order valence-electron chi connectivity index (χ4n) is 2.92. The highest BCUT2D eigenvalue weighted by atomic mass is 16.5. The number of hydrogen-bond donors (Lipinski definition) is 2. The largest absolute Gasteiger partial charge is 0.497 e. The van der Waals surface area contributed by atoms with E-state index < -0.39 is 0 Å². The number of hydrogen-bond acceptors (Lipinski definition) is 5. The predicted octanol–water partition coefficient (Wildman–Crippen LogP) is 2.33. The van der Waals surface area contributed by atoms with Gasteiger partial charge in [0, 0.05) is 30.9 Å². The summed E-state index contributed by atoms with van der Waals surface area (Å²) in [6.45, 7) is 5.49. The molecule has 0 bridgehead atoms. The van der Waals surface area contributed by atoms with Crippen LogP contribution in [0.2, 0.25) is 0 Å². The van der Waals surface area contributed by atoms with Crippen molar-refractivity contribution < 1.29 is 14.2 Å². The minimum atomic E-state index is 0.355. The van der Waals surface area contributed by atoms with Crippen molar-refractivity contribution in [1.29, 1.82) is 0 Å². The number of morpholine rings is 1. The van der Waals surface area contributed by atoms with E-state index in [1.165, 1.54) is 0 Å². The van der Waals surface area contributed by atoms with Crippen LogP contribution in [0.3, 0.4) is 0 Å². The van der Waals surface area contributed by atoms with Gasteiger partial charge in [-0.15, -0.1) is 0 Å². The Labute approximate surface area is 166 Å². The molecule has 0 amide bonds. The summed E-state index contributed by atoms with van der Waals surface area (Å²) in [6, 6.07) is 15.4. The molecule has 2 aromatic carbocycles. The van der Waals surface area contributed by atoms with Gasteiger partial charge in [0.25, 0.3) is 0 Å². The lowest BCUT2D eigenvalue weighted by atomic mass is 10.2. The lowest BCUT2D eigenvalue weighted by Crippen LogP contribution is -2.38. The summed E-state index contributed by atoms with van der Waals surface area (Å²) in [5.41, 5.74) is 7.88. The van der Waals surface area contributed by atoms with Crippen LogP contribution in [0.5, 0.6) is 11.5 Å². The maximum absolute atomic E-state index is 6.02. The van der Waals surface area contributed by atoms with Gasteiger partial charge in [0.2, 0.25) is 0 Å². The number of nitrogens with zero attached hydrogens (tertiary/aromatic N) is 2. The van der Waals surface area contributed by atoms with E-state index in [0.717, 1.165) is 55.6 Å². The number of ether oxygens (including phenoxy) is 3. The quantitative estimate of drug-likeness (QED) is 0.537. The molecule has 0 unspecified atom stereocenters. The van der Waals surface area contributed by atoms with Crippen LogP contribution in [-0.2, 0) is 11.3 Å². The van der Waals surface area contributed by atoms with Gasteiger partial charge in [-0.2, -0.15) is 0 Å². The van der Waals surface area contributed by atoms with Gasteiger partial charge in [-0.05, 0) is 30.3 Å². The highest BCUT2D eigenvalue weighted by Gasteiger charge is 2.10. The number of guanidine groups is 1. The maximum Gasteiger partial charge on any atom is 0.193 e. The minimum Gasteiger partial charge on any atom is -0.497 e. The molecule has 1 aliphatic rings. The summed E-state index contributed by atoms with van der Waals surface area (Å²) in [5.74, 6) is 1.99. The Hall–Kier alpha value is -2.77. The number of methoxy groups -OCH3 is 1. The molecule has 2 aromatic rings. The number of aliphatic imine (C=N–C) groups is 1. The van der Waals surface area contributed by atoms with Gasteiger partial charge in [-0.25, -0.2) is 4.99 Å². The van der Waals surface area contributed by atoms with Crippen LogP contribution < -0.4 is 20.5 Å². The van der Waals surface area contributed by atoms with E-state index in [2.05, 4.69) is 15.2 Å². The smallest absolute Gasteiger partial charge is 0.193 e. The zero-order valence-corrected chi connectivity index (χ0v) is 16.3. The Morgan fingerprint density at radius 3 is 2.64 bits per heavy atom. The van der Waals surface area contributed by atoms with E-state index in [-0.39, 0.29) is 0 Å². The van der Waals surface area contributed by atoms with Gasteiger partial charge >= 0.3 is 0 Å². The molecule has 0 aliphatic carbocycles. The number of rotatable bonds is 8. The lowest BCUT2D eigenvalue weighted by Gasteiger charge is -2.26. The first kappa shape index (κ1) is 20.0. The van der Waals surface area contributed by atoms with E-state index in [0.29, 0.717) is 19.1 Å². The number of anilines is 1. The van der Waals surface area contributed by atoms with Crippen molar-refractivity contribution in [3.05, 3.63) is 54.1 Å². The average Bonchev–Trinajstić information content (AvgIpc) is 2.74. The second-order valence-electron chi connectivity index (χ2n) is 6.47. The molecule has 7 heteroatoms. The zero-order valence-electron chi connectivity index (χ0n) is 16.3. The van der Waals surface area contributed by atoms with Crippen LogP contribution >= 0.6 is 0 Å². The van der Waals surface area contributed by atoms with Gasteiger partial charge in [-0.3, -0.25) is 4.90 Å². The molecule has 0 aromatic heterocycles. The third-order valence-corrected chi connectivity index (χ3v) is 4.52. The maximum atomic E-state index is 6.02. The molecule has 0 saturated carbocycles. The molecule has 1 saturated heterocycles. The second-order valence-corrected chi connectivity index (χ2v) is 6.47. The normalized spacial score (nSPS) is 15.2. The summed E-state index contributed by atoms with van der Waals surface area (Å²) < 4.78 is 16.5. The van der Waals surface area contributed by atoms with E-state index in [9.17, 15) is 0 Å². The fraction of sp³-hybridized carbons (Fsp3) is 0.381. The summed E-state index contributed by atoms with van der Waals surface area (Å²) in [7, 11) is 1.64. The third kappa shape index (κ3) is 6.14. The Balaban J connectivity index is 1.52. The molecule has 1 fully saturated rings. The molecule has 1 aliphatic heterocycles. The van der Waals surface area contributed by atoms with Crippen molar-refractivity contribution >= 4 is 11.6 Å². The van der Waals surface area contributed by atoms with Gasteiger partial charge in [0.05, 0.1) is 26.9 Å². The zero-order chi connectivity index (χ0) is 19.6. The summed E-state index contributed by atoms with van der Waals surface area (Å²) in [6.07, 6.45) is 0. The van der Waals surface area contributed by atoms with Crippen LogP contribution in [-0.4, -0.2) is 57.4 Å². The van der Waals surface area contributed by atoms with E-state index in [1.54, 1.807) is 7.11 Å². The van der Waals surface area contributed by atoms with Crippen molar-refractivity contribution in [3.8, 4) is 11.5 Å². The molecule has 0 spiro atoms. The highest BCUT2D eigenvalue weighted by Crippen LogP contribution is 2.19. The SMILES string of the molecule is COc1ccc(NC(N)=NCc2ccccc2OCCN2CCOCC2)cc1. The average molecular weight is 384 g/mol. The minimum absolute atomic E-state index is 0.355.